The number of anilines is 1. The normalized spacial score (nSPS) is 21.5. The van der Waals surface area contributed by atoms with Crippen LogP contribution in [0.15, 0.2) is 24.3 Å². The van der Waals surface area contributed by atoms with Crippen molar-refractivity contribution in [2.45, 2.75) is 73.1 Å². The lowest BCUT2D eigenvalue weighted by Crippen LogP contribution is -2.56. The van der Waals surface area contributed by atoms with E-state index in [-0.39, 0.29) is 25.3 Å². The van der Waals surface area contributed by atoms with Crippen molar-refractivity contribution in [3.8, 4) is 0 Å². The molecular formula is C29H40FN3O2. The number of likely N-dealkylation sites (tertiary alicyclic amines) is 1. The second kappa shape index (κ2) is 9.55. The number of nitrogens with zero attached hydrogens (tertiary/aromatic N) is 3. The summed E-state index contributed by atoms with van der Waals surface area (Å²) in [6.45, 7) is 15.7. The van der Waals surface area contributed by atoms with E-state index in [4.69, 9.17) is 4.74 Å². The molecule has 1 amide bonds. The average molecular weight is 482 g/mol. The monoisotopic (exact) mass is 481 g/mol. The van der Waals surface area contributed by atoms with Gasteiger partial charge in [0.2, 0.25) is 5.91 Å². The summed E-state index contributed by atoms with van der Waals surface area (Å²) in [6.07, 6.45) is 1.70. The van der Waals surface area contributed by atoms with E-state index < -0.39 is 5.54 Å². The first-order valence-corrected chi connectivity index (χ1v) is 12.4. The Labute approximate surface area is 209 Å². The molecule has 3 heterocycles. The summed E-state index contributed by atoms with van der Waals surface area (Å²) in [4.78, 5) is 20.4. The van der Waals surface area contributed by atoms with Gasteiger partial charge in [-0.05, 0) is 105 Å². The highest BCUT2D eigenvalue weighted by molar-refractivity contribution is 5.93. The number of hydrogen-bond acceptors (Lipinski definition) is 4. The molecule has 0 aliphatic carbocycles. The molecule has 0 unspecified atom stereocenters. The summed E-state index contributed by atoms with van der Waals surface area (Å²) in [5.41, 5.74) is 8.73. The van der Waals surface area contributed by atoms with Crippen LogP contribution in [-0.2, 0) is 16.1 Å². The number of piperidine rings is 1. The van der Waals surface area contributed by atoms with Crippen molar-refractivity contribution in [3.63, 3.8) is 0 Å². The number of halogens is 1. The Balaban J connectivity index is 0.00000289. The van der Waals surface area contributed by atoms with E-state index in [1.165, 1.54) is 45.5 Å². The molecule has 0 saturated carbocycles. The number of amides is 1. The summed E-state index contributed by atoms with van der Waals surface area (Å²) < 4.78 is 19.0. The zero-order valence-corrected chi connectivity index (χ0v) is 21.1. The van der Waals surface area contributed by atoms with E-state index in [2.05, 4.69) is 44.4 Å². The minimum Gasteiger partial charge on any atom is -0.371 e. The second-order valence-electron chi connectivity index (χ2n) is 10.4. The molecule has 5 nitrogen and oxygen atoms in total. The van der Waals surface area contributed by atoms with Gasteiger partial charge < -0.3 is 14.5 Å². The molecule has 190 valence electrons. The number of carbonyl (C=O) groups excluding carboxylic acids is 1. The van der Waals surface area contributed by atoms with Gasteiger partial charge in [0.1, 0.15) is 11.4 Å². The van der Waals surface area contributed by atoms with Crippen molar-refractivity contribution in [3.05, 3.63) is 63.5 Å². The van der Waals surface area contributed by atoms with E-state index in [0.717, 1.165) is 44.8 Å². The average Bonchev–Trinajstić information content (AvgIpc) is 3.62. The molecule has 1 atom stereocenters. The van der Waals surface area contributed by atoms with Gasteiger partial charge in [0.25, 0.3) is 0 Å². The molecule has 0 bridgehead atoms. The SMILES string of the molecule is C.Cc1c(C)c(C)c(CN2CCC3(CC2)C(=O)N(C[C@@H]2CO2)CN3c2ccc(F)cc2)c(C)c1C. The standard InChI is InChI=1S/C28H36FN3O2.CH4/c1-18-19(2)21(4)26(22(5)20(18)3)15-30-12-10-28(11-13-30)27(33)31(14-25-16-34-25)17-32(28)24-8-6-23(29)7-9-24;/h6-9,25H,10-17H2,1-5H3;1H4/t25-;/m1./s1. The Bertz CT molecular complexity index is 1070. The van der Waals surface area contributed by atoms with Gasteiger partial charge >= 0.3 is 0 Å². The molecule has 2 aromatic rings. The van der Waals surface area contributed by atoms with Crippen LogP contribution in [-0.4, -0.2) is 60.3 Å². The van der Waals surface area contributed by atoms with Gasteiger partial charge in [0.15, 0.2) is 0 Å². The maximum Gasteiger partial charge on any atom is 0.250 e. The molecule has 1 spiro atoms. The molecule has 6 heteroatoms. The van der Waals surface area contributed by atoms with Crippen LogP contribution in [0.2, 0.25) is 0 Å². The maximum absolute atomic E-state index is 13.7. The van der Waals surface area contributed by atoms with E-state index in [1.54, 1.807) is 12.1 Å². The fraction of sp³-hybridized carbons (Fsp3) is 0.552. The molecule has 0 aromatic heterocycles. The first-order valence-electron chi connectivity index (χ1n) is 12.4. The number of ether oxygens (including phenoxy) is 1. The summed E-state index contributed by atoms with van der Waals surface area (Å²) in [5.74, 6) is -0.0582. The lowest BCUT2D eigenvalue weighted by Gasteiger charge is -2.43. The number of epoxide rings is 1. The van der Waals surface area contributed by atoms with Gasteiger partial charge in [-0.25, -0.2) is 4.39 Å². The number of rotatable bonds is 5. The van der Waals surface area contributed by atoms with Crippen LogP contribution in [0, 0.1) is 40.4 Å². The fourth-order valence-corrected chi connectivity index (χ4v) is 5.89. The van der Waals surface area contributed by atoms with Crippen LogP contribution in [0.25, 0.3) is 0 Å². The van der Waals surface area contributed by atoms with E-state index in [9.17, 15) is 9.18 Å². The summed E-state index contributed by atoms with van der Waals surface area (Å²) in [7, 11) is 0. The Morgan fingerprint density at radius 3 is 2.03 bits per heavy atom. The number of hydrogen-bond donors (Lipinski definition) is 0. The summed E-state index contributed by atoms with van der Waals surface area (Å²) in [5, 5.41) is 0. The maximum atomic E-state index is 13.7. The van der Waals surface area contributed by atoms with Crippen LogP contribution in [0.4, 0.5) is 10.1 Å². The minimum atomic E-state index is -0.563. The molecule has 3 saturated heterocycles. The lowest BCUT2D eigenvalue weighted by molar-refractivity contribution is -0.133. The van der Waals surface area contributed by atoms with Crippen LogP contribution < -0.4 is 4.90 Å². The molecule has 5 rings (SSSR count). The molecule has 3 aliphatic heterocycles. The minimum absolute atomic E-state index is 0. The van der Waals surface area contributed by atoms with Crippen molar-refractivity contribution >= 4 is 11.6 Å². The molecule has 2 aromatic carbocycles. The third kappa shape index (κ3) is 4.47. The van der Waals surface area contributed by atoms with E-state index in [0.29, 0.717) is 13.2 Å². The molecule has 0 N–H and O–H groups in total. The van der Waals surface area contributed by atoms with Gasteiger partial charge in [0.05, 0.1) is 25.9 Å². The fourth-order valence-electron chi connectivity index (χ4n) is 5.89. The third-order valence-electron chi connectivity index (χ3n) is 8.70. The van der Waals surface area contributed by atoms with E-state index >= 15 is 0 Å². The quantitative estimate of drug-likeness (QED) is 0.561. The molecule has 3 fully saturated rings. The summed E-state index contributed by atoms with van der Waals surface area (Å²) >= 11 is 0. The third-order valence-corrected chi connectivity index (χ3v) is 8.70. The smallest absolute Gasteiger partial charge is 0.250 e. The second-order valence-corrected chi connectivity index (χ2v) is 10.4. The Hall–Kier alpha value is -2.44. The van der Waals surface area contributed by atoms with Crippen LogP contribution in [0.1, 0.15) is 53.6 Å². The van der Waals surface area contributed by atoms with E-state index in [1.807, 2.05) is 4.90 Å². The molecular weight excluding hydrogens is 441 g/mol. The zero-order chi connectivity index (χ0) is 24.2. The van der Waals surface area contributed by atoms with Crippen molar-refractivity contribution in [2.24, 2.45) is 0 Å². The van der Waals surface area contributed by atoms with Crippen LogP contribution in [0.3, 0.4) is 0 Å². The predicted octanol–water partition coefficient (Wildman–Crippen LogP) is 5.04. The van der Waals surface area contributed by atoms with Crippen molar-refractivity contribution in [2.75, 3.05) is 37.8 Å². The largest absolute Gasteiger partial charge is 0.371 e. The molecule has 0 radical (unpaired) electrons. The predicted molar refractivity (Wildman–Crippen MR) is 139 cm³/mol. The van der Waals surface area contributed by atoms with Crippen molar-refractivity contribution < 1.29 is 13.9 Å². The molecule has 35 heavy (non-hydrogen) atoms. The highest BCUT2D eigenvalue weighted by atomic mass is 19.1. The van der Waals surface area contributed by atoms with Gasteiger partial charge in [0, 0.05) is 25.3 Å². The van der Waals surface area contributed by atoms with Crippen LogP contribution in [0.5, 0.6) is 0 Å². The van der Waals surface area contributed by atoms with Crippen LogP contribution >= 0.6 is 0 Å². The zero-order valence-electron chi connectivity index (χ0n) is 21.1. The Morgan fingerprint density at radius 2 is 1.49 bits per heavy atom. The lowest BCUT2D eigenvalue weighted by atomic mass is 9.84. The Morgan fingerprint density at radius 1 is 0.943 bits per heavy atom. The number of benzene rings is 2. The van der Waals surface area contributed by atoms with Crippen molar-refractivity contribution in [1.29, 1.82) is 0 Å². The van der Waals surface area contributed by atoms with Crippen molar-refractivity contribution in [1.82, 2.24) is 9.80 Å². The van der Waals surface area contributed by atoms with Gasteiger partial charge in [-0.15, -0.1) is 0 Å². The summed E-state index contributed by atoms with van der Waals surface area (Å²) in [6, 6.07) is 6.59. The Kier molecular flexibility index (Phi) is 7.00. The highest BCUT2D eigenvalue weighted by Gasteiger charge is 2.54. The molecule has 3 aliphatic rings. The first-order chi connectivity index (χ1) is 16.2. The number of carbonyl (C=O) groups is 1. The highest BCUT2D eigenvalue weighted by Crippen LogP contribution is 2.40. The first kappa shape index (κ1) is 25.6. The topological polar surface area (TPSA) is 39.3 Å². The van der Waals surface area contributed by atoms with Gasteiger partial charge in [-0.2, -0.15) is 0 Å². The van der Waals surface area contributed by atoms with Gasteiger partial charge in [-0.1, -0.05) is 7.43 Å². The van der Waals surface area contributed by atoms with Gasteiger partial charge in [-0.3, -0.25) is 9.69 Å².